The van der Waals surface area contributed by atoms with Gasteiger partial charge < -0.3 is 9.32 Å². The highest BCUT2D eigenvalue weighted by molar-refractivity contribution is 6.06. The van der Waals surface area contributed by atoms with Crippen molar-refractivity contribution in [2.24, 2.45) is 0 Å². The quantitative estimate of drug-likeness (QED) is 0.631. The lowest BCUT2D eigenvalue weighted by molar-refractivity contribution is 0.0781. The molecule has 26 heavy (non-hydrogen) atoms. The molecule has 3 aromatic rings. The summed E-state index contributed by atoms with van der Waals surface area (Å²) in [5.41, 5.74) is 1.02. The van der Waals surface area contributed by atoms with Crippen molar-refractivity contribution in [3.05, 3.63) is 58.6 Å². The highest BCUT2D eigenvalue weighted by Gasteiger charge is 2.25. The van der Waals surface area contributed by atoms with Crippen LogP contribution < -0.4 is 5.56 Å². The van der Waals surface area contributed by atoms with Crippen LogP contribution in [0.25, 0.3) is 11.1 Å². The van der Waals surface area contributed by atoms with Crippen LogP contribution >= 0.6 is 0 Å². The zero-order chi connectivity index (χ0) is 18.8. The van der Waals surface area contributed by atoms with Crippen LogP contribution in [0.4, 0.5) is 0 Å². The minimum Gasteiger partial charge on any atom is -0.442 e. The molecule has 0 saturated heterocycles. The predicted molar refractivity (Wildman–Crippen MR) is 96.9 cm³/mol. The Kier molecular flexibility index (Phi) is 4.75. The van der Waals surface area contributed by atoms with Gasteiger partial charge in [-0.2, -0.15) is 5.10 Å². The first-order valence-corrected chi connectivity index (χ1v) is 8.33. The standard InChI is InChI=1S/C18H21N5O3/c1-5-9-22-11-19-16-15(18(22)25)14(12(3)26-16)17(24)21(4)10-13-7-8-20-23(13)6-2/h5,7-8,11H,1,6,9-10H2,2-4H3. The molecule has 0 fully saturated rings. The summed E-state index contributed by atoms with van der Waals surface area (Å²) in [5.74, 6) is 0.0853. The van der Waals surface area contributed by atoms with Gasteiger partial charge in [0, 0.05) is 26.3 Å². The van der Waals surface area contributed by atoms with Crippen molar-refractivity contribution in [1.29, 1.82) is 0 Å². The number of aromatic nitrogens is 4. The Balaban J connectivity index is 2.02. The first kappa shape index (κ1) is 17.7. The molecular weight excluding hydrogens is 334 g/mol. The van der Waals surface area contributed by atoms with Crippen molar-refractivity contribution in [2.45, 2.75) is 33.5 Å². The summed E-state index contributed by atoms with van der Waals surface area (Å²) in [6.45, 7) is 8.68. The van der Waals surface area contributed by atoms with Crippen LogP contribution in [0, 0.1) is 6.92 Å². The minimum absolute atomic E-state index is 0.170. The van der Waals surface area contributed by atoms with Crippen molar-refractivity contribution >= 4 is 17.0 Å². The van der Waals surface area contributed by atoms with E-state index in [0.29, 0.717) is 25.4 Å². The number of amides is 1. The molecule has 8 heteroatoms. The molecule has 0 aliphatic rings. The Morgan fingerprint density at radius 2 is 2.23 bits per heavy atom. The lowest BCUT2D eigenvalue weighted by atomic mass is 10.1. The average molecular weight is 355 g/mol. The Morgan fingerprint density at radius 1 is 1.46 bits per heavy atom. The highest BCUT2D eigenvalue weighted by Crippen LogP contribution is 2.22. The summed E-state index contributed by atoms with van der Waals surface area (Å²) in [6, 6.07) is 1.87. The smallest absolute Gasteiger partial charge is 0.265 e. The molecule has 0 radical (unpaired) electrons. The Morgan fingerprint density at radius 3 is 2.92 bits per heavy atom. The van der Waals surface area contributed by atoms with Gasteiger partial charge in [0.05, 0.1) is 17.8 Å². The predicted octanol–water partition coefficient (Wildman–Crippen LogP) is 1.97. The van der Waals surface area contributed by atoms with E-state index in [1.165, 1.54) is 10.9 Å². The molecule has 3 heterocycles. The fourth-order valence-corrected chi connectivity index (χ4v) is 2.95. The molecule has 0 aliphatic carbocycles. The fraction of sp³-hybridized carbons (Fsp3) is 0.333. The number of furan rings is 1. The summed E-state index contributed by atoms with van der Waals surface area (Å²) >= 11 is 0. The van der Waals surface area contributed by atoms with Crippen LogP contribution in [-0.4, -0.2) is 37.2 Å². The number of carbonyl (C=O) groups excluding carboxylic acids is 1. The van der Waals surface area contributed by atoms with Gasteiger partial charge in [0.15, 0.2) is 0 Å². The molecule has 0 spiro atoms. The van der Waals surface area contributed by atoms with Crippen LogP contribution in [-0.2, 0) is 19.6 Å². The lowest BCUT2D eigenvalue weighted by Crippen LogP contribution is -2.29. The van der Waals surface area contributed by atoms with E-state index in [0.717, 1.165) is 5.69 Å². The zero-order valence-electron chi connectivity index (χ0n) is 15.1. The second-order valence-electron chi connectivity index (χ2n) is 6.00. The van der Waals surface area contributed by atoms with Crippen LogP contribution in [0.2, 0.25) is 0 Å². The third kappa shape index (κ3) is 2.94. The van der Waals surface area contributed by atoms with Crippen molar-refractivity contribution in [2.75, 3.05) is 7.05 Å². The van der Waals surface area contributed by atoms with Crippen LogP contribution in [0.15, 0.2) is 40.5 Å². The molecule has 1 amide bonds. The van der Waals surface area contributed by atoms with Gasteiger partial charge in [-0.15, -0.1) is 6.58 Å². The monoisotopic (exact) mass is 355 g/mol. The Bertz CT molecular complexity index is 1030. The van der Waals surface area contributed by atoms with Crippen LogP contribution in [0.1, 0.15) is 28.7 Å². The van der Waals surface area contributed by atoms with Gasteiger partial charge >= 0.3 is 0 Å². The third-order valence-corrected chi connectivity index (χ3v) is 4.24. The van der Waals surface area contributed by atoms with E-state index >= 15 is 0 Å². The van der Waals surface area contributed by atoms with E-state index < -0.39 is 0 Å². The van der Waals surface area contributed by atoms with Crippen molar-refractivity contribution in [1.82, 2.24) is 24.2 Å². The van der Waals surface area contributed by atoms with Crippen molar-refractivity contribution in [3.8, 4) is 0 Å². The topological polar surface area (TPSA) is 86.2 Å². The summed E-state index contributed by atoms with van der Waals surface area (Å²) < 4.78 is 8.77. The molecule has 3 rings (SSSR count). The molecule has 3 aromatic heterocycles. The first-order valence-electron chi connectivity index (χ1n) is 8.33. The maximum atomic E-state index is 13.0. The molecule has 8 nitrogen and oxygen atoms in total. The van der Waals surface area contributed by atoms with Crippen molar-refractivity contribution < 1.29 is 9.21 Å². The van der Waals surface area contributed by atoms with E-state index in [1.54, 1.807) is 31.1 Å². The summed E-state index contributed by atoms with van der Waals surface area (Å²) in [4.78, 5) is 31.5. The molecule has 0 unspecified atom stereocenters. The van der Waals surface area contributed by atoms with E-state index in [-0.39, 0.29) is 28.1 Å². The molecule has 0 atom stereocenters. The zero-order valence-corrected chi connectivity index (χ0v) is 15.1. The number of nitrogens with zero attached hydrogens (tertiary/aromatic N) is 5. The lowest BCUT2D eigenvalue weighted by Gasteiger charge is -2.17. The van der Waals surface area contributed by atoms with E-state index in [9.17, 15) is 9.59 Å². The molecule has 0 saturated carbocycles. The summed E-state index contributed by atoms with van der Waals surface area (Å²) in [5, 5.41) is 4.41. The molecule has 0 aliphatic heterocycles. The van der Waals surface area contributed by atoms with Gasteiger partial charge in [0.2, 0.25) is 5.71 Å². The largest absolute Gasteiger partial charge is 0.442 e. The van der Waals surface area contributed by atoms with Crippen molar-refractivity contribution in [3.63, 3.8) is 0 Å². The Hall–Kier alpha value is -3.16. The SMILES string of the molecule is C=CCn1cnc2oc(C)c(C(=O)N(C)Cc3ccnn3CC)c2c1=O. The molecule has 136 valence electrons. The molecule has 0 bridgehead atoms. The maximum Gasteiger partial charge on any atom is 0.265 e. The first-order chi connectivity index (χ1) is 12.5. The van der Waals surface area contributed by atoms with E-state index in [4.69, 9.17) is 4.42 Å². The number of rotatable bonds is 6. The van der Waals surface area contributed by atoms with Gasteiger partial charge in [0.1, 0.15) is 17.5 Å². The normalized spacial score (nSPS) is 11.0. The van der Waals surface area contributed by atoms with Gasteiger partial charge in [-0.3, -0.25) is 18.8 Å². The van der Waals surface area contributed by atoms with E-state index in [1.807, 2.05) is 17.7 Å². The fourth-order valence-electron chi connectivity index (χ4n) is 2.95. The number of hydrogen-bond donors (Lipinski definition) is 0. The number of carbonyl (C=O) groups is 1. The summed E-state index contributed by atoms with van der Waals surface area (Å²) in [6.07, 6.45) is 4.70. The third-order valence-electron chi connectivity index (χ3n) is 4.24. The van der Waals surface area contributed by atoms with Crippen LogP contribution in [0.5, 0.6) is 0 Å². The second kappa shape index (κ2) is 6.99. The maximum absolute atomic E-state index is 13.0. The highest BCUT2D eigenvalue weighted by atomic mass is 16.3. The summed E-state index contributed by atoms with van der Waals surface area (Å²) in [7, 11) is 1.69. The van der Waals surface area contributed by atoms with Crippen LogP contribution in [0.3, 0.4) is 0 Å². The van der Waals surface area contributed by atoms with Gasteiger partial charge in [-0.25, -0.2) is 4.98 Å². The molecule has 0 N–H and O–H groups in total. The molecule has 0 aromatic carbocycles. The number of aryl methyl sites for hydroxylation is 2. The molecular formula is C18H21N5O3. The minimum atomic E-state index is -0.317. The number of hydrogen-bond acceptors (Lipinski definition) is 5. The number of fused-ring (bicyclic) bond motifs is 1. The van der Waals surface area contributed by atoms with Gasteiger partial charge in [-0.1, -0.05) is 6.08 Å². The van der Waals surface area contributed by atoms with Gasteiger partial charge in [0.25, 0.3) is 11.5 Å². The average Bonchev–Trinajstić information content (AvgIpc) is 3.20. The number of allylic oxidation sites excluding steroid dienone is 1. The second-order valence-corrected chi connectivity index (χ2v) is 6.00. The van der Waals surface area contributed by atoms with Gasteiger partial charge in [-0.05, 0) is 19.9 Å². The Labute approximate surface area is 150 Å². The van der Waals surface area contributed by atoms with E-state index in [2.05, 4.69) is 16.7 Å².